The van der Waals surface area contributed by atoms with Crippen molar-refractivity contribution in [1.82, 2.24) is 9.21 Å². The van der Waals surface area contributed by atoms with Crippen molar-refractivity contribution in [3.05, 3.63) is 59.1 Å². The number of sulfonamides is 1. The van der Waals surface area contributed by atoms with Crippen LogP contribution < -0.4 is 5.32 Å². The molecule has 0 radical (unpaired) electrons. The minimum atomic E-state index is -3.72. The molecule has 31 heavy (non-hydrogen) atoms. The smallest absolute Gasteiger partial charge is 0.254 e. The lowest BCUT2D eigenvalue weighted by atomic mass is 10.1. The topological polar surface area (TPSA) is 86.8 Å². The van der Waals surface area contributed by atoms with Crippen molar-refractivity contribution in [1.29, 1.82) is 0 Å². The van der Waals surface area contributed by atoms with Gasteiger partial charge in [-0.1, -0.05) is 36.7 Å². The first kappa shape index (κ1) is 21.8. The van der Waals surface area contributed by atoms with E-state index in [0.717, 1.165) is 6.42 Å². The van der Waals surface area contributed by atoms with Gasteiger partial charge < -0.3 is 10.2 Å². The summed E-state index contributed by atoms with van der Waals surface area (Å²) in [5, 5.41) is 3.05. The van der Waals surface area contributed by atoms with Gasteiger partial charge in [-0.05, 0) is 42.7 Å². The number of carbonyl (C=O) groups is 2. The first-order chi connectivity index (χ1) is 14.8. The van der Waals surface area contributed by atoms with Gasteiger partial charge in [0.25, 0.3) is 5.91 Å². The van der Waals surface area contributed by atoms with Gasteiger partial charge >= 0.3 is 0 Å². The quantitative estimate of drug-likeness (QED) is 0.741. The number of benzene rings is 2. The molecular weight excluding hydrogens is 438 g/mol. The predicted octanol–water partition coefficient (Wildman–Crippen LogP) is 3.08. The summed E-state index contributed by atoms with van der Waals surface area (Å²) in [6.07, 6.45) is 0.895. The largest absolute Gasteiger partial charge is 0.336 e. The second-order valence-corrected chi connectivity index (χ2v) is 10.3. The zero-order valence-electron chi connectivity index (χ0n) is 17.1. The first-order valence-corrected chi connectivity index (χ1v) is 12.0. The molecular formula is C22H24ClN3O4S. The van der Waals surface area contributed by atoms with E-state index in [4.69, 9.17) is 11.6 Å². The molecule has 2 amide bonds. The molecule has 1 heterocycles. The van der Waals surface area contributed by atoms with Crippen LogP contribution in [0.25, 0.3) is 0 Å². The molecule has 2 aromatic carbocycles. The third-order valence-electron chi connectivity index (χ3n) is 5.80. The van der Waals surface area contributed by atoms with Crippen LogP contribution in [0.5, 0.6) is 0 Å². The number of rotatable bonds is 5. The van der Waals surface area contributed by atoms with Gasteiger partial charge in [0.1, 0.15) is 4.90 Å². The molecule has 1 aliphatic heterocycles. The molecule has 9 heteroatoms. The second kappa shape index (κ2) is 8.61. The van der Waals surface area contributed by atoms with Gasteiger partial charge in [0.15, 0.2) is 0 Å². The van der Waals surface area contributed by atoms with Gasteiger partial charge in [-0.15, -0.1) is 0 Å². The molecule has 2 unspecified atom stereocenters. The molecule has 2 fully saturated rings. The highest BCUT2D eigenvalue weighted by molar-refractivity contribution is 7.89. The van der Waals surface area contributed by atoms with Crippen molar-refractivity contribution in [2.45, 2.75) is 18.2 Å². The molecule has 2 aliphatic rings. The summed E-state index contributed by atoms with van der Waals surface area (Å²) in [7, 11) is -3.72. The van der Waals surface area contributed by atoms with E-state index in [0.29, 0.717) is 17.2 Å². The SMILES string of the molecule is CC1CC1C(=O)Nc1cccc(C(=O)N2CCN(S(=O)(=O)c3ccccc3Cl)CC2)c1. The maximum absolute atomic E-state index is 12.9. The van der Waals surface area contributed by atoms with Crippen LogP contribution >= 0.6 is 11.6 Å². The number of hydrogen-bond donors (Lipinski definition) is 1. The summed E-state index contributed by atoms with van der Waals surface area (Å²) in [6.45, 7) is 2.97. The zero-order chi connectivity index (χ0) is 22.2. The van der Waals surface area contributed by atoms with Crippen molar-refractivity contribution in [3.8, 4) is 0 Å². The molecule has 0 spiro atoms. The van der Waals surface area contributed by atoms with Gasteiger partial charge in [0.05, 0.1) is 5.02 Å². The third kappa shape index (κ3) is 4.61. The molecule has 2 atom stereocenters. The van der Waals surface area contributed by atoms with Crippen LogP contribution in [0.1, 0.15) is 23.7 Å². The number of amides is 2. The Morgan fingerprint density at radius 1 is 1.03 bits per heavy atom. The Morgan fingerprint density at radius 2 is 1.71 bits per heavy atom. The van der Waals surface area contributed by atoms with Crippen LogP contribution in [0, 0.1) is 11.8 Å². The normalized spacial score (nSPS) is 21.5. The molecule has 7 nitrogen and oxygen atoms in total. The Hall–Kier alpha value is -2.42. The molecule has 1 N–H and O–H groups in total. The van der Waals surface area contributed by atoms with Crippen molar-refractivity contribution in [2.75, 3.05) is 31.5 Å². The van der Waals surface area contributed by atoms with E-state index in [1.807, 2.05) is 6.92 Å². The van der Waals surface area contributed by atoms with Crippen LogP contribution in [-0.2, 0) is 14.8 Å². The number of hydrogen-bond acceptors (Lipinski definition) is 4. The minimum Gasteiger partial charge on any atom is -0.336 e. The monoisotopic (exact) mass is 461 g/mol. The van der Waals surface area contributed by atoms with Crippen LogP contribution in [0.4, 0.5) is 5.69 Å². The summed E-state index contributed by atoms with van der Waals surface area (Å²) in [5.41, 5.74) is 1.05. The average molecular weight is 462 g/mol. The van der Waals surface area contributed by atoms with E-state index in [-0.39, 0.29) is 53.8 Å². The first-order valence-electron chi connectivity index (χ1n) is 10.2. The lowest BCUT2D eigenvalue weighted by molar-refractivity contribution is -0.117. The number of carbonyl (C=O) groups excluding carboxylic acids is 2. The van der Waals surface area contributed by atoms with Gasteiger partial charge in [-0.3, -0.25) is 9.59 Å². The summed E-state index contributed by atoms with van der Waals surface area (Å²) in [5.74, 6) is 0.247. The van der Waals surface area contributed by atoms with E-state index in [2.05, 4.69) is 5.32 Å². The Kier molecular flexibility index (Phi) is 6.05. The van der Waals surface area contributed by atoms with Gasteiger partial charge in [-0.2, -0.15) is 4.31 Å². The van der Waals surface area contributed by atoms with Crippen molar-refractivity contribution < 1.29 is 18.0 Å². The van der Waals surface area contributed by atoms with E-state index >= 15 is 0 Å². The minimum absolute atomic E-state index is 0.0181. The Labute approximate surface area is 187 Å². The summed E-state index contributed by atoms with van der Waals surface area (Å²) in [4.78, 5) is 26.8. The molecule has 1 saturated carbocycles. The predicted molar refractivity (Wildman–Crippen MR) is 118 cm³/mol. The molecule has 1 saturated heterocycles. The Bertz CT molecular complexity index is 1110. The van der Waals surface area contributed by atoms with Gasteiger partial charge in [0, 0.05) is 43.3 Å². The fourth-order valence-corrected chi connectivity index (χ4v) is 5.67. The maximum Gasteiger partial charge on any atom is 0.254 e. The van der Waals surface area contributed by atoms with E-state index in [9.17, 15) is 18.0 Å². The van der Waals surface area contributed by atoms with Crippen molar-refractivity contribution in [3.63, 3.8) is 0 Å². The lowest BCUT2D eigenvalue weighted by Crippen LogP contribution is -2.50. The van der Waals surface area contributed by atoms with Crippen LogP contribution in [0.3, 0.4) is 0 Å². The fraction of sp³-hybridized carbons (Fsp3) is 0.364. The number of nitrogens with zero attached hydrogens (tertiary/aromatic N) is 2. The molecule has 4 rings (SSSR count). The van der Waals surface area contributed by atoms with Crippen LogP contribution in [0.2, 0.25) is 5.02 Å². The molecule has 164 valence electrons. The van der Waals surface area contributed by atoms with E-state index in [1.54, 1.807) is 47.4 Å². The molecule has 0 aromatic heterocycles. The summed E-state index contributed by atoms with van der Waals surface area (Å²) >= 11 is 6.07. The standard InChI is InChI=1S/C22H24ClN3O4S/c1-15-13-18(15)21(27)24-17-6-4-5-16(14-17)22(28)25-9-11-26(12-10-25)31(29,30)20-8-3-2-7-19(20)23/h2-8,14-15,18H,9-13H2,1H3,(H,24,27). The summed E-state index contributed by atoms with van der Waals surface area (Å²) in [6, 6.07) is 13.2. The van der Waals surface area contributed by atoms with Crippen molar-refractivity contribution in [2.24, 2.45) is 11.8 Å². The Morgan fingerprint density at radius 3 is 2.35 bits per heavy atom. The van der Waals surface area contributed by atoms with Gasteiger partial charge in [0.2, 0.25) is 15.9 Å². The molecule has 1 aliphatic carbocycles. The molecule has 0 bridgehead atoms. The maximum atomic E-state index is 12.9. The van der Waals surface area contributed by atoms with Gasteiger partial charge in [-0.25, -0.2) is 8.42 Å². The highest BCUT2D eigenvalue weighted by Crippen LogP contribution is 2.38. The van der Waals surface area contributed by atoms with E-state index in [1.165, 1.54) is 10.4 Å². The molecule has 2 aromatic rings. The number of halogens is 1. The summed E-state index contributed by atoms with van der Waals surface area (Å²) < 4.78 is 27.1. The fourth-order valence-electron chi connectivity index (χ4n) is 3.76. The van der Waals surface area contributed by atoms with Crippen LogP contribution in [0.15, 0.2) is 53.4 Å². The lowest BCUT2D eigenvalue weighted by Gasteiger charge is -2.34. The van der Waals surface area contributed by atoms with E-state index < -0.39 is 10.0 Å². The highest BCUT2D eigenvalue weighted by Gasteiger charge is 2.39. The Balaban J connectivity index is 1.40. The number of nitrogens with one attached hydrogen (secondary N) is 1. The van der Waals surface area contributed by atoms with Crippen molar-refractivity contribution >= 4 is 39.1 Å². The average Bonchev–Trinajstić information content (AvgIpc) is 3.50. The number of anilines is 1. The highest BCUT2D eigenvalue weighted by atomic mass is 35.5. The second-order valence-electron chi connectivity index (χ2n) is 8.02. The van der Waals surface area contributed by atoms with Crippen LogP contribution in [-0.4, -0.2) is 55.6 Å². The third-order valence-corrected chi connectivity index (χ3v) is 8.20. The zero-order valence-corrected chi connectivity index (χ0v) is 18.7. The number of piperazine rings is 1.